The first-order chi connectivity index (χ1) is 8.83. The lowest BCUT2D eigenvalue weighted by Gasteiger charge is -2.30. The zero-order valence-corrected chi connectivity index (χ0v) is 11.3. The van der Waals surface area contributed by atoms with E-state index in [-0.39, 0.29) is 0 Å². The summed E-state index contributed by atoms with van der Waals surface area (Å²) in [7, 11) is 0. The molecule has 3 heteroatoms. The summed E-state index contributed by atoms with van der Waals surface area (Å²) in [6, 6.07) is 8.64. The second kappa shape index (κ2) is 6.64. The zero-order chi connectivity index (χ0) is 12.8. The normalized spacial score (nSPS) is 23.7. The van der Waals surface area contributed by atoms with Crippen LogP contribution >= 0.6 is 0 Å². The van der Waals surface area contributed by atoms with Crippen LogP contribution in [0.2, 0.25) is 0 Å². The van der Waals surface area contributed by atoms with Gasteiger partial charge in [0.1, 0.15) is 5.75 Å². The number of hydrogen-bond donors (Lipinski definition) is 1. The predicted octanol–water partition coefficient (Wildman–Crippen LogP) is 3.45. The summed E-state index contributed by atoms with van der Waals surface area (Å²) >= 11 is 0. The second-order valence-corrected chi connectivity index (χ2v) is 4.70. The molecule has 1 fully saturated rings. The number of anilines is 1. The molecule has 0 aliphatic carbocycles. The smallest absolute Gasteiger partial charge is 0.142 e. The standard InChI is InChI=1S/C15H23NO2/c1-3-13-11-12(9-10-18-13)16-14-7-5-6-8-15(14)17-4-2/h5-8,12-13,16H,3-4,9-11H2,1-2H3. The van der Waals surface area contributed by atoms with Gasteiger partial charge < -0.3 is 14.8 Å². The number of benzene rings is 1. The zero-order valence-electron chi connectivity index (χ0n) is 11.3. The maximum Gasteiger partial charge on any atom is 0.142 e. The number of ether oxygens (including phenoxy) is 2. The lowest BCUT2D eigenvalue weighted by atomic mass is 10.0. The van der Waals surface area contributed by atoms with Crippen LogP contribution in [0.4, 0.5) is 5.69 Å². The van der Waals surface area contributed by atoms with Gasteiger partial charge in [0, 0.05) is 12.6 Å². The molecule has 1 aromatic rings. The van der Waals surface area contributed by atoms with Gasteiger partial charge in [-0.3, -0.25) is 0 Å². The molecule has 1 aromatic carbocycles. The molecule has 1 aliphatic heterocycles. The topological polar surface area (TPSA) is 30.5 Å². The Morgan fingerprint density at radius 1 is 1.33 bits per heavy atom. The van der Waals surface area contributed by atoms with E-state index in [9.17, 15) is 0 Å². The van der Waals surface area contributed by atoms with E-state index >= 15 is 0 Å². The summed E-state index contributed by atoms with van der Waals surface area (Å²) in [5.74, 6) is 0.944. The van der Waals surface area contributed by atoms with Crippen LogP contribution in [0, 0.1) is 0 Å². The van der Waals surface area contributed by atoms with E-state index in [0.29, 0.717) is 18.8 Å². The Kier molecular flexibility index (Phi) is 4.88. The van der Waals surface area contributed by atoms with Crippen LogP contribution < -0.4 is 10.1 Å². The van der Waals surface area contributed by atoms with Crippen molar-refractivity contribution in [1.82, 2.24) is 0 Å². The predicted molar refractivity (Wildman–Crippen MR) is 74.3 cm³/mol. The van der Waals surface area contributed by atoms with E-state index in [2.05, 4.69) is 18.3 Å². The van der Waals surface area contributed by atoms with Crippen LogP contribution in [0.25, 0.3) is 0 Å². The molecule has 100 valence electrons. The third-order valence-corrected chi connectivity index (χ3v) is 3.37. The van der Waals surface area contributed by atoms with E-state index in [4.69, 9.17) is 9.47 Å². The molecule has 0 spiro atoms. The molecule has 3 nitrogen and oxygen atoms in total. The highest BCUT2D eigenvalue weighted by molar-refractivity contribution is 5.56. The Labute approximate surface area is 109 Å². The molecule has 0 bridgehead atoms. The Hall–Kier alpha value is -1.22. The van der Waals surface area contributed by atoms with Crippen molar-refractivity contribution in [2.75, 3.05) is 18.5 Å². The van der Waals surface area contributed by atoms with Crippen molar-refractivity contribution in [1.29, 1.82) is 0 Å². The van der Waals surface area contributed by atoms with Gasteiger partial charge in [0.2, 0.25) is 0 Å². The van der Waals surface area contributed by atoms with Crippen molar-refractivity contribution < 1.29 is 9.47 Å². The van der Waals surface area contributed by atoms with Crippen LogP contribution in [0.15, 0.2) is 24.3 Å². The minimum absolute atomic E-state index is 0.399. The maximum absolute atomic E-state index is 5.70. The largest absolute Gasteiger partial charge is 0.492 e. The summed E-state index contributed by atoms with van der Waals surface area (Å²) in [6.45, 7) is 5.75. The molecule has 1 heterocycles. The molecule has 0 radical (unpaired) electrons. The maximum atomic E-state index is 5.70. The fourth-order valence-corrected chi connectivity index (χ4v) is 2.38. The van der Waals surface area contributed by atoms with Crippen molar-refractivity contribution >= 4 is 5.69 Å². The summed E-state index contributed by atoms with van der Waals surface area (Å²) in [6.07, 6.45) is 3.63. The Bertz CT molecular complexity index is 367. The third kappa shape index (κ3) is 3.39. The van der Waals surface area contributed by atoms with Crippen molar-refractivity contribution in [3.63, 3.8) is 0 Å². The van der Waals surface area contributed by atoms with Gasteiger partial charge in [-0.05, 0) is 38.3 Å². The van der Waals surface area contributed by atoms with Crippen LogP contribution in [0.5, 0.6) is 5.75 Å². The number of rotatable bonds is 5. The highest BCUT2D eigenvalue weighted by atomic mass is 16.5. The number of para-hydroxylation sites is 2. The molecule has 2 unspecified atom stereocenters. The molecule has 18 heavy (non-hydrogen) atoms. The Balaban J connectivity index is 1.99. The SMILES string of the molecule is CCOc1ccccc1NC1CCOC(CC)C1. The molecule has 0 saturated carbocycles. The van der Waals surface area contributed by atoms with E-state index in [1.807, 2.05) is 25.1 Å². The monoisotopic (exact) mass is 249 g/mol. The quantitative estimate of drug-likeness (QED) is 0.867. The Morgan fingerprint density at radius 3 is 2.94 bits per heavy atom. The minimum atomic E-state index is 0.399. The summed E-state index contributed by atoms with van der Waals surface area (Å²) in [4.78, 5) is 0. The van der Waals surface area contributed by atoms with E-state index in [1.165, 1.54) is 0 Å². The van der Waals surface area contributed by atoms with E-state index < -0.39 is 0 Å². The lowest BCUT2D eigenvalue weighted by Crippen LogP contribution is -2.33. The molecule has 0 amide bonds. The summed E-state index contributed by atoms with van der Waals surface area (Å²) in [5, 5.41) is 3.59. The first kappa shape index (κ1) is 13.2. The second-order valence-electron chi connectivity index (χ2n) is 4.70. The highest BCUT2D eigenvalue weighted by Gasteiger charge is 2.21. The highest BCUT2D eigenvalue weighted by Crippen LogP contribution is 2.27. The van der Waals surface area contributed by atoms with Crippen LogP contribution in [0.3, 0.4) is 0 Å². The van der Waals surface area contributed by atoms with Gasteiger partial charge in [-0.1, -0.05) is 19.1 Å². The fraction of sp³-hybridized carbons (Fsp3) is 0.600. The summed E-state index contributed by atoms with van der Waals surface area (Å²) in [5.41, 5.74) is 1.10. The molecular weight excluding hydrogens is 226 g/mol. The molecule has 1 saturated heterocycles. The fourth-order valence-electron chi connectivity index (χ4n) is 2.38. The molecule has 2 atom stereocenters. The van der Waals surface area contributed by atoms with Gasteiger partial charge in [0.25, 0.3) is 0 Å². The van der Waals surface area contributed by atoms with Crippen molar-refractivity contribution in [2.24, 2.45) is 0 Å². The minimum Gasteiger partial charge on any atom is -0.492 e. The van der Waals surface area contributed by atoms with Gasteiger partial charge in [-0.15, -0.1) is 0 Å². The van der Waals surface area contributed by atoms with Crippen molar-refractivity contribution in [2.45, 2.75) is 45.3 Å². The first-order valence-electron chi connectivity index (χ1n) is 6.93. The van der Waals surface area contributed by atoms with Gasteiger partial charge in [-0.2, -0.15) is 0 Å². The molecule has 1 N–H and O–H groups in total. The van der Waals surface area contributed by atoms with E-state index in [1.54, 1.807) is 0 Å². The molecule has 1 aliphatic rings. The first-order valence-corrected chi connectivity index (χ1v) is 6.93. The molecular formula is C15H23NO2. The van der Waals surface area contributed by atoms with Crippen LogP contribution in [0.1, 0.15) is 33.1 Å². The molecule has 0 aromatic heterocycles. The van der Waals surface area contributed by atoms with Gasteiger partial charge in [-0.25, -0.2) is 0 Å². The Morgan fingerprint density at radius 2 is 2.17 bits per heavy atom. The average Bonchev–Trinajstić information content (AvgIpc) is 2.41. The van der Waals surface area contributed by atoms with E-state index in [0.717, 1.165) is 37.3 Å². The number of hydrogen-bond acceptors (Lipinski definition) is 3. The van der Waals surface area contributed by atoms with Crippen LogP contribution in [-0.2, 0) is 4.74 Å². The number of nitrogens with one attached hydrogen (secondary N) is 1. The van der Waals surface area contributed by atoms with Crippen LogP contribution in [-0.4, -0.2) is 25.4 Å². The van der Waals surface area contributed by atoms with Gasteiger partial charge in [0.05, 0.1) is 18.4 Å². The summed E-state index contributed by atoms with van der Waals surface area (Å²) < 4.78 is 11.3. The third-order valence-electron chi connectivity index (χ3n) is 3.37. The lowest BCUT2D eigenvalue weighted by molar-refractivity contribution is 0.00922. The van der Waals surface area contributed by atoms with Crippen molar-refractivity contribution in [3.05, 3.63) is 24.3 Å². The van der Waals surface area contributed by atoms with Crippen molar-refractivity contribution in [3.8, 4) is 5.75 Å². The van der Waals surface area contributed by atoms with Gasteiger partial charge in [0.15, 0.2) is 0 Å². The van der Waals surface area contributed by atoms with Gasteiger partial charge >= 0.3 is 0 Å². The molecule has 2 rings (SSSR count). The average molecular weight is 249 g/mol.